The number of nitrogens with zero attached hydrogens (tertiary/aromatic N) is 2. The van der Waals surface area contributed by atoms with Crippen LogP contribution >= 0.6 is 11.8 Å². The predicted octanol–water partition coefficient (Wildman–Crippen LogP) is 1.66. The molecule has 3 rings (SSSR count). The normalized spacial score (nSPS) is 26.4. The summed E-state index contributed by atoms with van der Waals surface area (Å²) in [6.45, 7) is 4.89. The number of para-hydroxylation sites is 1. The summed E-state index contributed by atoms with van der Waals surface area (Å²) in [5.74, 6) is -2.02. The quantitative estimate of drug-likeness (QED) is 0.473. The van der Waals surface area contributed by atoms with Crippen LogP contribution < -0.4 is 4.90 Å². The van der Waals surface area contributed by atoms with Crippen molar-refractivity contribution in [2.45, 2.75) is 57.5 Å². The third-order valence-corrected chi connectivity index (χ3v) is 5.79. The van der Waals surface area contributed by atoms with Crippen molar-refractivity contribution >= 4 is 46.4 Å². The highest BCUT2D eigenvalue weighted by Gasteiger charge is 2.54. The van der Waals surface area contributed by atoms with E-state index in [-0.39, 0.29) is 12.5 Å². The van der Waals surface area contributed by atoms with E-state index < -0.39 is 47.7 Å². The molecule has 0 saturated carbocycles. The molecule has 11 heteroatoms. The van der Waals surface area contributed by atoms with E-state index in [9.17, 15) is 19.2 Å². The number of aliphatic imine (C=N–C) groups is 1. The molecule has 2 aliphatic rings. The predicted molar refractivity (Wildman–Crippen MR) is 115 cm³/mol. The molecule has 172 valence electrons. The molecule has 0 radical (unpaired) electrons. The summed E-state index contributed by atoms with van der Waals surface area (Å²) >= 11 is 1.18. The zero-order valence-electron chi connectivity index (χ0n) is 18.0. The number of fused-ring (bicyclic) bond motifs is 1. The molecule has 0 aliphatic carbocycles. The van der Waals surface area contributed by atoms with Crippen LogP contribution in [0.2, 0.25) is 0 Å². The molecule has 0 aromatic heterocycles. The van der Waals surface area contributed by atoms with Crippen molar-refractivity contribution in [2.24, 2.45) is 4.99 Å². The average Bonchev–Trinajstić information content (AvgIpc) is 3.11. The van der Waals surface area contributed by atoms with Gasteiger partial charge < -0.3 is 18.9 Å². The SMILES string of the molecule is CC(=O)OC[C@H]1O[C@@H]2SC(N(C(C)=O)c3ccccc3)=N[C@@H]2[C@@H](OC(C)=O)[C@@H]1OC(C)=O. The minimum Gasteiger partial charge on any atom is -0.463 e. The lowest BCUT2D eigenvalue weighted by Crippen LogP contribution is -2.59. The van der Waals surface area contributed by atoms with Gasteiger partial charge in [-0.2, -0.15) is 0 Å². The summed E-state index contributed by atoms with van der Waals surface area (Å²) in [4.78, 5) is 53.4. The molecule has 1 saturated heterocycles. The van der Waals surface area contributed by atoms with Gasteiger partial charge in [-0.25, -0.2) is 0 Å². The van der Waals surface area contributed by atoms with Crippen LogP contribution in [0, 0.1) is 0 Å². The first-order chi connectivity index (χ1) is 15.2. The van der Waals surface area contributed by atoms with Gasteiger partial charge in [0.1, 0.15) is 24.2 Å². The van der Waals surface area contributed by atoms with E-state index in [1.165, 1.54) is 44.4 Å². The number of rotatable bonds is 5. The van der Waals surface area contributed by atoms with Crippen LogP contribution in [0.3, 0.4) is 0 Å². The average molecular weight is 464 g/mol. The van der Waals surface area contributed by atoms with Gasteiger partial charge >= 0.3 is 17.9 Å². The van der Waals surface area contributed by atoms with E-state index in [0.717, 1.165) is 0 Å². The maximum absolute atomic E-state index is 12.4. The molecular weight excluding hydrogens is 440 g/mol. The smallest absolute Gasteiger partial charge is 0.303 e. The number of amides is 1. The maximum atomic E-state index is 12.4. The molecule has 5 atom stereocenters. The fourth-order valence-electron chi connectivity index (χ4n) is 3.50. The van der Waals surface area contributed by atoms with Crippen molar-refractivity contribution < 1.29 is 38.1 Å². The Balaban J connectivity index is 1.96. The van der Waals surface area contributed by atoms with E-state index in [2.05, 4.69) is 4.99 Å². The number of ether oxygens (including phenoxy) is 4. The Hall–Kier alpha value is -2.92. The lowest BCUT2D eigenvalue weighted by molar-refractivity contribution is -0.208. The highest BCUT2D eigenvalue weighted by molar-refractivity contribution is 8.15. The van der Waals surface area contributed by atoms with Gasteiger partial charge in [0.15, 0.2) is 17.4 Å². The Bertz CT molecular complexity index is 922. The van der Waals surface area contributed by atoms with Crippen molar-refractivity contribution in [3.05, 3.63) is 30.3 Å². The van der Waals surface area contributed by atoms with Crippen LogP contribution in [-0.4, -0.2) is 65.4 Å². The summed E-state index contributed by atoms with van der Waals surface area (Å²) < 4.78 is 22.0. The van der Waals surface area contributed by atoms with Crippen LogP contribution in [0.15, 0.2) is 35.3 Å². The first-order valence-electron chi connectivity index (χ1n) is 9.91. The highest BCUT2D eigenvalue weighted by Crippen LogP contribution is 2.40. The molecule has 1 fully saturated rings. The summed E-state index contributed by atoms with van der Waals surface area (Å²) in [7, 11) is 0. The second kappa shape index (κ2) is 10.1. The summed E-state index contributed by atoms with van der Waals surface area (Å²) in [5.41, 5.74) is -0.0470. The Labute approximate surface area is 189 Å². The monoisotopic (exact) mass is 464 g/mol. The van der Waals surface area contributed by atoms with Crippen molar-refractivity contribution in [1.82, 2.24) is 0 Å². The van der Waals surface area contributed by atoms with Crippen LogP contribution in [0.5, 0.6) is 0 Å². The van der Waals surface area contributed by atoms with E-state index in [1.54, 1.807) is 24.3 Å². The van der Waals surface area contributed by atoms with E-state index in [1.807, 2.05) is 6.07 Å². The van der Waals surface area contributed by atoms with E-state index >= 15 is 0 Å². The summed E-state index contributed by atoms with van der Waals surface area (Å²) in [5, 5.41) is 0.352. The molecule has 0 spiro atoms. The summed E-state index contributed by atoms with van der Waals surface area (Å²) in [6, 6.07) is 8.20. The first-order valence-corrected chi connectivity index (χ1v) is 10.8. The maximum Gasteiger partial charge on any atom is 0.303 e. The lowest BCUT2D eigenvalue weighted by Gasteiger charge is -2.41. The molecule has 0 unspecified atom stereocenters. The fourth-order valence-corrected chi connectivity index (χ4v) is 4.78. The van der Waals surface area contributed by atoms with Crippen LogP contribution in [0.4, 0.5) is 5.69 Å². The van der Waals surface area contributed by atoms with Crippen molar-refractivity contribution in [1.29, 1.82) is 0 Å². The van der Waals surface area contributed by atoms with Gasteiger partial charge in [-0.3, -0.25) is 29.1 Å². The number of amidine groups is 1. The minimum atomic E-state index is -1.05. The van der Waals surface area contributed by atoms with Gasteiger partial charge in [0.05, 0.1) is 5.69 Å². The van der Waals surface area contributed by atoms with Crippen molar-refractivity contribution in [3.8, 4) is 0 Å². The largest absolute Gasteiger partial charge is 0.463 e. The van der Waals surface area contributed by atoms with Crippen molar-refractivity contribution in [2.75, 3.05) is 11.5 Å². The van der Waals surface area contributed by atoms with Gasteiger partial charge in [-0.1, -0.05) is 30.0 Å². The zero-order chi connectivity index (χ0) is 23.4. The van der Waals surface area contributed by atoms with Gasteiger partial charge in [0.25, 0.3) is 0 Å². The lowest BCUT2D eigenvalue weighted by atomic mass is 9.98. The topological polar surface area (TPSA) is 121 Å². The molecule has 1 amide bonds. The molecule has 0 N–H and O–H groups in total. The van der Waals surface area contributed by atoms with E-state index in [4.69, 9.17) is 18.9 Å². The number of esters is 3. The minimum absolute atomic E-state index is 0.209. The van der Waals surface area contributed by atoms with Crippen LogP contribution in [-0.2, 0) is 38.1 Å². The summed E-state index contributed by atoms with van der Waals surface area (Å²) in [6.07, 6.45) is -2.94. The van der Waals surface area contributed by atoms with Gasteiger partial charge in [0, 0.05) is 27.7 Å². The number of thioether (sulfide) groups is 1. The van der Waals surface area contributed by atoms with Crippen LogP contribution in [0.25, 0.3) is 0 Å². The highest BCUT2D eigenvalue weighted by atomic mass is 32.2. The third-order valence-electron chi connectivity index (χ3n) is 4.67. The second-order valence-electron chi connectivity index (χ2n) is 7.20. The molecular formula is C21H24N2O8S. The molecule has 0 bridgehead atoms. The molecule has 2 heterocycles. The Morgan fingerprint density at radius 3 is 2.16 bits per heavy atom. The number of benzene rings is 1. The number of anilines is 1. The van der Waals surface area contributed by atoms with E-state index in [0.29, 0.717) is 10.9 Å². The number of carbonyl (C=O) groups excluding carboxylic acids is 4. The Morgan fingerprint density at radius 1 is 0.969 bits per heavy atom. The van der Waals surface area contributed by atoms with Crippen LogP contribution in [0.1, 0.15) is 27.7 Å². The van der Waals surface area contributed by atoms with Gasteiger partial charge in [-0.05, 0) is 12.1 Å². The molecule has 10 nitrogen and oxygen atoms in total. The van der Waals surface area contributed by atoms with Gasteiger partial charge in [-0.15, -0.1) is 0 Å². The van der Waals surface area contributed by atoms with Gasteiger partial charge in [0.2, 0.25) is 5.91 Å². The number of hydrogen-bond donors (Lipinski definition) is 0. The Kier molecular flexibility index (Phi) is 7.52. The third kappa shape index (κ3) is 5.46. The Morgan fingerprint density at radius 2 is 1.59 bits per heavy atom. The number of hydrogen-bond acceptors (Lipinski definition) is 10. The first kappa shape index (κ1) is 23.7. The van der Waals surface area contributed by atoms with Crippen molar-refractivity contribution in [3.63, 3.8) is 0 Å². The fraction of sp³-hybridized carbons (Fsp3) is 0.476. The molecule has 2 aliphatic heterocycles. The molecule has 1 aromatic rings. The standard InChI is InChI=1S/C21H24N2O8S/c1-11(24)23(15-8-6-5-7-9-15)21-22-17-19(30-14(4)27)18(29-13(3)26)16(10-28-12(2)25)31-20(17)32-21/h5-9,16-20H,10H2,1-4H3/t16-,17-,18-,19-,20-/m1/s1. The molecule has 1 aromatic carbocycles. The second-order valence-corrected chi connectivity index (χ2v) is 8.27. The number of carbonyl (C=O) groups is 4. The zero-order valence-corrected chi connectivity index (χ0v) is 18.9. The molecule has 32 heavy (non-hydrogen) atoms.